The molecule has 0 atom stereocenters. The number of methoxy groups -OCH3 is 2. The second kappa shape index (κ2) is 8.66. The lowest BCUT2D eigenvalue weighted by Gasteiger charge is -2.12. The van der Waals surface area contributed by atoms with Gasteiger partial charge in [-0.05, 0) is 25.1 Å². The van der Waals surface area contributed by atoms with Crippen LogP contribution in [-0.4, -0.2) is 45.5 Å². The molecule has 2 N–H and O–H groups in total. The minimum absolute atomic E-state index is 0.0324. The van der Waals surface area contributed by atoms with Crippen LogP contribution in [0.1, 0.15) is 5.69 Å². The molecule has 3 rings (SSSR count). The molecule has 0 spiro atoms. The van der Waals surface area contributed by atoms with Crippen molar-refractivity contribution in [1.29, 1.82) is 0 Å². The molecule has 0 bridgehead atoms. The van der Waals surface area contributed by atoms with Crippen LogP contribution in [0.15, 0.2) is 47.4 Å². The number of sulfone groups is 1. The van der Waals surface area contributed by atoms with Crippen LogP contribution in [-0.2, 0) is 16.9 Å². The molecule has 2 aromatic carbocycles. The van der Waals surface area contributed by atoms with Gasteiger partial charge in [0.2, 0.25) is 0 Å². The molecule has 1 heterocycles. The highest BCUT2D eigenvalue weighted by molar-refractivity contribution is 7.91. The standard InChI is InChI=1S/C21H25N3O5S/c1-14-20(16-7-5-6-8-18(16)24(14)2)30(26,27)12-11-22-21(25)23-17-10-9-15(28-3)13-19(17)29-4/h5-10,13H,11-12H2,1-4H3,(H2,22,23,25). The highest BCUT2D eigenvalue weighted by Gasteiger charge is 2.24. The summed E-state index contributed by atoms with van der Waals surface area (Å²) in [5, 5.41) is 5.93. The van der Waals surface area contributed by atoms with Crippen molar-refractivity contribution in [3.8, 4) is 11.5 Å². The monoisotopic (exact) mass is 431 g/mol. The SMILES string of the molecule is COc1ccc(NC(=O)NCCS(=O)(=O)c2c(C)n(C)c3ccccc23)c(OC)c1. The van der Waals surface area contributed by atoms with Gasteiger partial charge in [-0.25, -0.2) is 13.2 Å². The summed E-state index contributed by atoms with van der Waals surface area (Å²) in [7, 11) is 1.26. The third-order valence-corrected chi connectivity index (χ3v) is 6.84. The van der Waals surface area contributed by atoms with E-state index in [1.165, 1.54) is 14.2 Å². The van der Waals surface area contributed by atoms with Gasteiger partial charge in [-0.1, -0.05) is 18.2 Å². The van der Waals surface area contributed by atoms with Crippen molar-refractivity contribution >= 4 is 32.5 Å². The lowest BCUT2D eigenvalue weighted by Crippen LogP contribution is -2.33. The molecule has 30 heavy (non-hydrogen) atoms. The molecule has 9 heteroatoms. The quantitative estimate of drug-likeness (QED) is 0.599. The minimum atomic E-state index is -3.59. The Kier molecular flexibility index (Phi) is 6.21. The molecule has 0 radical (unpaired) electrons. The number of urea groups is 1. The van der Waals surface area contributed by atoms with Gasteiger partial charge >= 0.3 is 6.03 Å². The smallest absolute Gasteiger partial charge is 0.319 e. The van der Waals surface area contributed by atoms with Crippen molar-refractivity contribution in [1.82, 2.24) is 9.88 Å². The van der Waals surface area contributed by atoms with E-state index >= 15 is 0 Å². The summed E-state index contributed by atoms with van der Waals surface area (Å²) in [5.74, 6) is 0.813. The van der Waals surface area contributed by atoms with E-state index in [-0.39, 0.29) is 12.3 Å². The number of fused-ring (bicyclic) bond motifs is 1. The largest absolute Gasteiger partial charge is 0.497 e. The van der Waals surface area contributed by atoms with Gasteiger partial charge in [0.1, 0.15) is 11.5 Å². The normalized spacial score (nSPS) is 11.3. The van der Waals surface area contributed by atoms with Crippen LogP contribution in [0.4, 0.5) is 10.5 Å². The second-order valence-electron chi connectivity index (χ2n) is 6.76. The maximum Gasteiger partial charge on any atom is 0.319 e. The van der Waals surface area contributed by atoms with E-state index in [0.717, 1.165) is 5.52 Å². The number of carbonyl (C=O) groups excluding carboxylic acids is 1. The van der Waals surface area contributed by atoms with E-state index in [4.69, 9.17) is 9.47 Å². The fraction of sp³-hybridized carbons (Fsp3) is 0.286. The van der Waals surface area contributed by atoms with Gasteiger partial charge in [0.05, 0.1) is 30.6 Å². The molecule has 8 nitrogen and oxygen atoms in total. The molecule has 0 aliphatic rings. The first-order valence-corrected chi connectivity index (χ1v) is 11.0. The van der Waals surface area contributed by atoms with Crippen molar-refractivity contribution in [3.05, 3.63) is 48.2 Å². The van der Waals surface area contributed by atoms with Crippen LogP contribution in [0.5, 0.6) is 11.5 Å². The minimum Gasteiger partial charge on any atom is -0.497 e. The van der Waals surface area contributed by atoms with Gasteiger partial charge in [-0.2, -0.15) is 0 Å². The molecular formula is C21H25N3O5S. The Hall–Kier alpha value is -3.20. The number of hydrogen-bond acceptors (Lipinski definition) is 5. The highest BCUT2D eigenvalue weighted by Crippen LogP contribution is 2.30. The molecular weight excluding hydrogens is 406 g/mol. The maximum atomic E-state index is 13.0. The van der Waals surface area contributed by atoms with Crippen LogP contribution in [0.2, 0.25) is 0 Å². The molecule has 160 valence electrons. The van der Waals surface area contributed by atoms with Crippen LogP contribution < -0.4 is 20.1 Å². The fourth-order valence-electron chi connectivity index (χ4n) is 3.35. The first-order chi connectivity index (χ1) is 14.3. The highest BCUT2D eigenvalue weighted by atomic mass is 32.2. The van der Waals surface area contributed by atoms with Gasteiger partial charge in [0, 0.05) is 36.3 Å². The van der Waals surface area contributed by atoms with Gasteiger partial charge < -0.3 is 24.7 Å². The van der Waals surface area contributed by atoms with Crippen molar-refractivity contribution < 1.29 is 22.7 Å². The van der Waals surface area contributed by atoms with Crippen molar-refractivity contribution in [2.24, 2.45) is 7.05 Å². The summed E-state index contributed by atoms with van der Waals surface area (Å²) in [6.45, 7) is 1.75. The zero-order valence-corrected chi connectivity index (χ0v) is 18.2. The molecule has 1 aromatic heterocycles. The van der Waals surface area contributed by atoms with Crippen molar-refractivity contribution in [2.75, 3.05) is 31.8 Å². The number of rotatable bonds is 7. The number of para-hydroxylation sites is 1. The summed E-state index contributed by atoms with van der Waals surface area (Å²) >= 11 is 0. The Morgan fingerprint density at radius 2 is 1.83 bits per heavy atom. The second-order valence-corrected chi connectivity index (χ2v) is 8.80. The number of hydrogen-bond donors (Lipinski definition) is 2. The van der Waals surface area contributed by atoms with Gasteiger partial charge in [0.25, 0.3) is 0 Å². The molecule has 0 unspecified atom stereocenters. The predicted molar refractivity (Wildman–Crippen MR) is 116 cm³/mol. The number of anilines is 1. The number of benzene rings is 2. The van der Waals surface area contributed by atoms with Crippen molar-refractivity contribution in [3.63, 3.8) is 0 Å². The average Bonchev–Trinajstić information content (AvgIpc) is 2.99. The third-order valence-electron chi connectivity index (χ3n) is 4.97. The molecule has 0 fully saturated rings. The number of aryl methyl sites for hydroxylation is 1. The van der Waals surface area contributed by atoms with Gasteiger partial charge in [0.15, 0.2) is 9.84 Å². The summed E-state index contributed by atoms with van der Waals surface area (Å²) in [5.41, 5.74) is 1.97. The number of carbonyl (C=O) groups is 1. The van der Waals surface area contributed by atoms with Gasteiger partial charge in [-0.15, -0.1) is 0 Å². The topological polar surface area (TPSA) is 98.7 Å². The van der Waals surface area contributed by atoms with Crippen LogP contribution in [0.3, 0.4) is 0 Å². The van der Waals surface area contributed by atoms with E-state index in [2.05, 4.69) is 10.6 Å². The number of ether oxygens (including phenoxy) is 2. The zero-order valence-electron chi connectivity index (χ0n) is 17.4. The molecule has 0 saturated carbocycles. The Bertz CT molecular complexity index is 1180. The predicted octanol–water partition coefficient (Wildman–Crippen LogP) is 3.10. The maximum absolute atomic E-state index is 13.0. The van der Waals surface area contributed by atoms with Crippen LogP contribution in [0, 0.1) is 6.92 Å². The van der Waals surface area contributed by atoms with Gasteiger partial charge in [-0.3, -0.25) is 0 Å². The lowest BCUT2D eigenvalue weighted by molar-refractivity contribution is 0.252. The fourth-order valence-corrected chi connectivity index (χ4v) is 5.02. The van der Waals surface area contributed by atoms with E-state index in [1.807, 2.05) is 29.8 Å². The molecule has 0 aliphatic carbocycles. The Morgan fingerprint density at radius 3 is 2.53 bits per heavy atom. The van der Waals surface area contributed by atoms with E-state index in [9.17, 15) is 13.2 Å². The molecule has 3 aromatic rings. The van der Waals surface area contributed by atoms with Crippen LogP contribution >= 0.6 is 0 Å². The summed E-state index contributed by atoms with van der Waals surface area (Å²) < 4.78 is 38.2. The third kappa shape index (κ3) is 4.20. The number of aromatic nitrogens is 1. The summed E-state index contributed by atoms with van der Waals surface area (Å²) in [4.78, 5) is 12.5. The number of amides is 2. The van der Waals surface area contributed by atoms with Crippen LogP contribution in [0.25, 0.3) is 10.9 Å². The van der Waals surface area contributed by atoms with E-state index in [0.29, 0.717) is 33.2 Å². The first kappa shape index (κ1) is 21.5. The van der Waals surface area contributed by atoms with E-state index < -0.39 is 15.9 Å². The number of nitrogens with zero attached hydrogens (tertiary/aromatic N) is 1. The average molecular weight is 432 g/mol. The Labute approximate surface area is 175 Å². The first-order valence-electron chi connectivity index (χ1n) is 9.32. The Balaban J connectivity index is 1.68. The Morgan fingerprint density at radius 1 is 1.10 bits per heavy atom. The lowest BCUT2D eigenvalue weighted by atomic mass is 10.2. The molecule has 0 aliphatic heterocycles. The summed E-state index contributed by atoms with van der Waals surface area (Å²) in [6, 6.07) is 11.8. The molecule has 0 saturated heterocycles. The molecule has 2 amide bonds. The number of nitrogens with one attached hydrogen (secondary N) is 2. The van der Waals surface area contributed by atoms with E-state index in [1.54, 1.807) is 31.2 Å². The zero-order chi connectivity index (χ0) is 21.9. The summed E-state index contributed by atoms with van der Waals surface area (Å²) in [6.07, 6.45) is 0. The van der Waals surface area contributed by atoms with Crippen molar-refractivity contribution in [2.45, 2.75) is 11.8 Å².